The number of rotatable bonds is 0. The first-order valence-corrected chi connectivity index (χ1v) is 2.88. The van der Waals surface area contributed by atoms with E-state index in [2.05, 4.69) is 6.07 Å². The fraction of sp³-hybridized carbons (Fsp3) is 0. The number of halogens is 3. The van der Waals surface area contributed by atoms with E-state index in [4.69, 9.17) is 23.2 Å². The molecule has 0 aliphatic carbocycles. The molecule has 4 heteroatoms. The van der Waals surface area contributed by atoms with Crippen LogP contribution in [0.3, 0.4) is 0 Å². The second-order valence-corrected chi connectivity index (χ2v) is 2.16. The van der Waals surface area contributed by atoms with Crippen molar-refractivity contribution in [1.29, 1.82) is 0 Å². The van der Waals surface area contributed by atoms with E-state index in [9.17, 15) is 0 Å². The summed E-state index contributed by atoms with van der Waals surface area (Å²) < 4.78 is 0. The smallest absolute Gasteiger partial charge is 1.00 e. The molecule has 0 spiro atoms. The summed E-state index contributed by atoms with van der Waals surface area (Å²) in [5.41, 5.74) is 0. The Bertz CT molecular complexity index is 173. The van der Waals surface area contributed by atoms with Crippen molar-refractivity contribution < 1.29 is 12.4 Å². The average molecular weight is 206 g/mol. The molecule has 0 atom stereocenters. The van der Waals surface area contributed by atoms with E-state index in [1.165, 1.54) is 0 Å². The van der Waals surface area contributed by atoms with Crippen molar-refractivity contribution in [2.24, 2.45) is 0 Å². The van der Waals surface area contributed by atoms with E-state index in [0.29, 0.717) is 10.0 Å². The summed E-state index contributed by atoms with van der Waals surface area (Å²) in [6, 6.07) is 7.94. The number of hydrogen-bond donors (Lipinski definition) is 0. The first-order valence-electron chi connectivity index (χ1n) is 2.12. The van der Waals surface area contributed by atoms with Crippen molar-refractivity contribution in [2.45, 2.75) is 0 Å². The minimum Gasteiger partial charge on any atom is -1.00 e. The van der Waals surface area contributed by atoms with Gasteiger partial charge in [-0.1, -0.05) is 10.0 Å². The number of hydrogen-bond acceptors (Lipinski definition) is 0. The Balaban J connectivity index is 0. The van der Waals surface area contributed by atoms with Crippen molar-refractivity contribution in [3.8, 4) is 0 Å². The molecule has 0 nitrogen and oxygen atoms in total. The van der Waals surface area contributed by atoms with Gasteiger partial charge in [-0.25, -0.2) is 0 Å². The molecule has 50 valence electrons. The van der Waals surface area contributed by atoms with Crippen LogP contribution < -0.4 is 12.4 Å². The zero-order chi connectivity index (χ0) is 5.98. The fourth-order valence-corrected chi connectivity index (χ4v) is 0.812. The minimum atomic E-state index is 0. The van der Waals surface area contributed by atoms with Gasteiger partial charge in [-0.2, -0.15) is 18.2 Å². The molecule has 0 heterocycles. The summed E-state index contributed by atoms with van der Waals surface area (Å²) in [6.07, 6.45) is 0. The van der Waals surface area contributed by atoms with Crippen LogP contribution in [-0.2, 0) is 0 Å². The van der Waals surface area contributed by atoms with Crippen LogP contribution >= 0.6 is 23.2 Å². The third-order valence-corrected chi connectivity index (χ3v) is 1.16. The van der Waals surface area contributed by atoms with Crippen LogP contribution in [0, 0.1) is 6.07 Å². The molecular weight excluding hydrogens is 203 g/mol. The Kier molecular flexibility index (Phi) is 8.82. The van der Waals surface area contributed by atoms with Gasteiger partial charge in [0.2, 0.25) is 0 Å². The molecule has 1 aromatic carbocycles. The van der Waals surface area contributed by atoms with Gasteiger partial charge in [0.25, 0.3) is 0 Å². The molecule has 1 rings (SSSR count). The molecule has 0 saturated heterocycles. The van der Waals surface area contributed by atoms with Gasteiger partial charge < -0.3 is 12.4 Å². The van der Waals surface area contributed by atoms with Gasteiger partial charge in [0.05, 0.1) is 0 Å². The van der Waals surface area contributed by atoms with Crippen LogP contribution in [0.25, 0.3) is 0 Å². The van der Waals surface area contributed by atoms with Gasteiger partial charge in [0.1, 0.15) is 0 Å². The van der Waals surface area contributed by atoms with Crippen LogP contribution in [0.15, 0.2) is 18.2 Å². The quantitative estimate of drug-likeness (QED) is 0.393. The second kappa shape index (κ2) is 6.56. The molecule has 0 radical (unpaired) electrons. The zero-order valence-corrected chi connectivity index (χ0v) is 8.76. The molecule has 0 aliphatic heterocycles. The van der Waals surface area contributed by atoms with Gasteiger partial charge >= 0.3 is 23.1 Å². The molecule has 0 bridgehead atoms. The Hall–Kier alpha value is 0.856. The number of benzene rings is 1. The van der Waals surface area contributed by atoms with Crippen molar-refractivity contribution in [2.75, 3.05) is 0 Å². The van der Waals surface area contributed by atoms with Crippen molar-refractivity contribution >= 4 is 46.3 Å². The summed E-state index contributed by atoms with van der Waals surface area (Å²) in [6.45, 7) is 0. The Morgan fingerprint density at radius 3 is 1.70 bits per heavy atom. The van der Waals surface area contributed by atoms with Gasteiger partial charge in [0, 0.05) is 0 Å². The molecular formula is C6H3Cl3Mg. The zero-order valence-electron chi connectivity index (χ0n) is 5.07. The van der Waals surface area contributed by atoms with E-state index < -0.39 is 0 Å². The average Bonchev–Trinajstić information content (AvgIpc) is 1.64. The third kappa shape index (κ3) is 4.64. The van der Waals surface area contributed by atoms with Crippen LogP contribution in [0.1, 0.15) is 0 Å². The fourth-order valence-electron chi connectivity index (χ4n) is 0.414. The van der Waals surface area contributed by atoms with E-state index in [1.54, 1.807) is 18.2 Å². The van der Waals surface area contributed by atoms with Crippen LogP contribution in [-0.4, -0.2) is 23.1 Å². The molecule has 0 unspecified atom stereocenters. The van der Waals surface area contributed by atoms with Crippen molar-refractivity contribution in [3.05, 3.63) is 34.3 Å². The first-order chi connectivity index (χ1) is 3.79. The predicted octanol–water partition coefficient (Wildman–Crippen LogP) is -0.583. The maximum atomic E-state index is 5.50. The normalized spacial score (nSPS) is 7.40. The molecule has 0 fully saturated rings. The molecule has 1 aromatic rings. The second-order valence-electron chi connectivity index (χ2n) is 1.35. The van der Waals surface area contributed by atoms with Crippen LogP contribution in [0.4, 0.5) is 0 Å². The maximum Gasteiger partial charge on any atom is 2.00 e. The first kappa shape index (κ1) is 13.4. The van der Waals surface area contributed by atoms with Crippen LogP contribution in [0.5, 0.6) is 0 Å². The predicted molar refractivity (Wildman–Crippen MR) is 41.1 cm³/mol. The maximum absolute atomic E-state index is 5.50. The van der Waals surface area contributed by atoms with Gasteiger partial charge in [-0.3, -0.25) is 0 Å². The standard InChI is InChI=1S/C6H3Cl2.ClH.Mg/c7-5-2-1-3-6(8)4-5;;/h1-3H;1H;/q-1;;+2/p-1. The molecule has 0 N–H and O–H groups in total. The topological polar surface area (TPSA) is 0 Å². The van der Waals surface area contributed by atoms with E-state index in [0.717, 1.165) is 0 Å². The summed E-state index contributed by atoms with van der Waals surface area (Å²) in [7, 11) is 0. The summed E-state index contributed by atoms with van der Waals surface area (Å²) in [4.78, 5) is 0. The Morgan fingerprint density at radius 2 is 1.50 bits per heavy atom. The van der Waals surface area contributed by atoms with Crippen LogP contribution in [0.2, 0.25) is 10.0 Å². The third-order valence-electron chi connectivity index (χ3n) is 0.724. The molecule has 0 saturated carbocycles. The van der Waals surface area contributed by atoms with Gasteiger partial charge in [0.15, 0.2) is 0 Å². The Morgan fingerprint density at radius 1 is 1.10 bits per heavy atom. The van der Waals surface area contributed by atoms with E-state index in [-0.39, 0.29) is 35.5 Å². The van der Waals surface area contributed by atoms with Crippen molar-refractivity contribution in [3.63, 3.8) is 0 Å². The van der Waals surface area contributed by atoms with E-state index >= 15 is 0 Å². The Labute approximate surface area is 92.5 Å². The van der Waals surface area contributed by atoms with E-state index in [1.807, 2.05) is 0 Å². The molecule has 0 amide bonds. The molecule has 10 heavy (non-hydrogen) atoms. The largest absolute Gasteiger partial charge is 2.00 e. The van der Waals surface area contributed by atoms with Gasteiger partial charge in [-0.05, 0) is 0 Å². The summed E-state index contributed by atoms with van der Waals surface area (Å²) in [5.74, 6) is 0. The summed E-state index contributed by atoms with van der Waals surface area (Å²) in [5, 5.41) is 1.11. The SMILES string of the molecule is Clc1[c-]c(Cl)ccc1.[Cl-].[Mg+2]. The monoisotopic (exact) mass is 204 g/mol. The van der Waals surface area contributed by atoms with Crippen molar-refractivity contribution in [1.82, 2.24) is 0 Å². The molecule has 0 aliphatic rings. The summed E-state index contributed by atoms with van der Waals surface area (Å²) >= 11 is 11.0. The molecule has 0 aromatic heterocycles. The minimum absolute atomic E-state index is 0. The van der Waals surface area contributed by atoms with Gasteiger partial charge in [-0.15, -0.1) is 29.3 Å².